The minimum Gasteiger partial charge on any atom is -0.388 e. The molecule has 4 nitrogen and oxygen atoms in total. The Kier molecular flexibility index (Phi) is 5.92. The molecule has 0 unspecified atom stereocenters. The molecule has 0 aliphatic carbocycles. The third-order valence-electron chi connectivity index (χ3n) is 5.22. The second-order valence-electron chi connectivity index (χ2n) is 7.39. The van der Waals surface area contributed by atoms with Crippen molar-refractivity contribution in [2.45, 2.75) is 32.9 Å². The number of aliphatic hydroxyl groups excluding tert-OH is 1. The van der Waals surface area contributed by atoms with Crippen molar-refractivity contribution in [1.29, 1.82) is 0 Å². The van der Waals surface area contributed by atoms with Gasteiger partial charge in [-0.2, -0.15) is 0 Å². The van der Waals surface area contributed by atoms with E-state index >= 15 is 0 Å². The monoisotopic (exact) mass is 382 g/mol. The molecule has 5 heteroatoms. The van der Waals surface area contributed by atoms with Gasteiger partial charge in [-0.25, -0.2) is 0 Å². The number of hydrogen-bond acceptors (Lipinski definition) is 3. The summed E-state index contributed by atoms with van der Waals surface area (Å²) in [5.41, 5.74) is 1.73. The maximum atomic E-state index is 13.3. The molecule has 3 rings (SSSR count). The topological polar surface area (TPSA) is 43.8 Å². The molecule has 27 heavy (non-hydrogen) atoms. The molecule has 1 heterocycles. The zero-order valence-electron chi connectivity index (χ0n) is 15.9. The zero-order valence-corrected chi connectivity index (χ0v) is 16.8. The lowest BCUT2D eigenvalue weighted by Gasteiger charge is -2.30. The standard InChI is InChI=1S/C22H26N2O2S/c1-15(2)19-14-23(18-12-8-5-9-13-18)22(27)24(19)21(26)16(3)20(25)17-10-6-4-7-11-17/h4-13,15-16,19-20,25H,14H2,1-3H3/t16-,19-,20-/m1/s1. The van der Waals surface area contributed by atoms with E-state index in [1.165, 1.54) is 0 Å². The van der Waals surface area contributed by atoms with Gasteiger partial charge in [0.25, 0.3) is 0 Å². The molecule has 1 amide bonds. The van der Waals surface area contributed by atoms with Crippen LogP contribution in [0.3, 0.4) is 0 Å². The van der Waals surface area contributed by atoms with E-state index in [-0.39, 0.29) is 17.9 Å². The van der Waals surface area contributed by atoms with Crippen LogP contribution in [0, 0.1) is 11.8 Å². The van der Waals surface area contributed by atoms with Gasteiger partial charge >= 0.3 is 0 Å². The summed E-state index contributed by atoms with van der Waals surface area (Å²) in [5, 5.41) is 11.2. The number of para-hydroxylation sites is 1. The first-order valence-electron chi connectivity index (χ1n) is 9.34. The van der Waals surface area contributed by atoms with Crippen molar-refractivity contribution < 1.29 is 9.90 Å². The number of hydrogen-bond donors (Lipinski definition) is 1. The zero-order chi connectivity index (χ0) is 19.6. The Bertz CT molecular complexity index is 794. The Hall–Kier alpha value is -2.24. The summed E-state index contributed by atoms with van der Waals surface area (Å²) < 4.78 is 0. The van der Waals surface area contributed by atoms with Crippen LogP contribution in [0.4, 0.5) is 5.69 Å². The number of amides is 1. The maximum Gasteiger partial charge on any atom is 0.234 e. The summed E-state index contributed by atoms with van der Waals surface area (Å²) in [6, 6.07) is 19.2. The number of nitrogens with zero attached hydrogens (tertiary/aromatic N) is 2. The first kappa shape index (κ1) is 19.5. The Balaban J connectivity index is 1.86. The highest BCUT2D eigenvalue weighted by molar-refractivity contribution is 7.80. The number of anilines is 1. The van der Waals surface area contributed by atoms with Gasteiger partial charge in [-0.05, 0) is 35.8 Å². The van der Waals surface area contributed by atoms with Gasteiger partial charge in [0.15, 0.2) is 5.11 Å². The van der Waals surface area contributed by atoms with Crippen molar-refractivity contribution in [3.8, 4) is 0 Å². The summed E-state index contributed by atoms with van der Waals surface area (Å²) in [4.78, 5) is 17.0. The number of benzene rings is 2. The fraction of sp³-hybridized carbons (Fsp3) is 0.364. The molecule has 1 N–H and O–H groups in total. The maximum absolute atomic E-state index is 13.3. The van der Waals surface area contributed by atoms with E-state index in [2.05, 4.69) is 13.8 Å². The lowest BCUT2D eigenvalue weighted by atomic mass is 9.95. The normalized spacial score (nSPS) is 19.4. The largest absolute Gasteiger partial charge is 0.388 e. The predicted octanol–water partition coefficient (Wildman–Crippen LogP) is 4.01. The van der Waals surface area contributed by atoms with Crippen LogP contribution in [0.2, 0.25) is 0 Å². The number of carbonyl (C=O) groups excluding carboxylic acids is 1. The van der Waals surface area contributed by atoms with Gasteiger partial charge in [0.2, 0.25) is 5.91 Å². The van der Waals surface area contributed by atoms with Crippen molar-refractivity contribution in [3.63, 3.8) is 0 Å². The van der Waals surface area contributed by atoms with Crippen LogP contribution in [0.1, 0.15) is 32.4 Å². The molecule has 0 radical (unpaired) electrons. The Morgan fingerprint density at radius 3 is 2.15 bits per heavy atom. The van der Waals surface area contributed by atoms with Crippen molar-refractivity contribution in [3.05, 3.63) is 66.2 Å². The lowest BCUT2D eigenvalue weighted by molar-refractivity contribution is -0.136. The lowest BCUT2D eigenvalue weighted by Crippen LogP contribution is -2.46. The molecule has 0 aromatic heterocycles. The van der Waals surface area contributed by atoms with E-state index in [4.69, 9.17) is 12.2 Å². The fourth-order valence-electron chi connectivity index (χ4n) is 3.50. The van der Waals surface area contributed by atoms with Gasteiger partial charge in [-0.3, -0.25) is 9.69 Å². The van der Waals surface area contributed by atoms with Gasteiger partial charge in [0, 0.05) is 12.2 Å². The van der Waals surface area contributed by atoms with Crippen LogP contribution in [-0.2, 0) is 4.79 Å². The smallest absolute Gasteiger partial charge is 0.234 e. The average molecular weight is 383 g/mol. The highest BCUT2D eigenvalue weighted by Crippen LogP contribution is 2.31. The SMILES string of the molecule is CC(C)[C@H]1CN(c2ccccc2)C(=S)N1C(=O)[C@H](C)[C@@H](O)c1ccccc1. The summed E-state index contributed by atoms with van der Waals surface area (Å²) in [7, 11) is 0. The van der Waals surface area contributed by atoms with E-state index < -0.39 is 12.0 Å². The molecule has 1 aliphatic heterocycles. The summed E-state index contributed by atoms with van der Waals surface area (Å²) in [6.07, 6.45) is -0.861. The first-order chi connectivity index (χ1) is 12.9. The van der Waals surface area contributed by atoms with Crippen molar-refractivity contribution >= 4 is 28.9 Å². The van der Waals surface area contributed by atoms with Crippen LogP contribution in [0.15, 0.2) is 60.7 Å². The predicted molar refractivity (Wildman–Crippen MR) is 112 cm³/mol. The quantitative estimate of drug-likeness (QED) is 0.794. The second kappa shape index (κ2) is 8.19. The molecule has 1 aliphatic rings. The number of carbonyl (C=O) groups is 1. The summed E-state index contributed by atoms with van der Waals surface area (Å²) in [5.74, 6) is -0.461. The van der Waals surface area contributed by atoms with Gasteiger partial charge in [0.1, 0.15) is 0 Å². The van der Waals surface area contributed by atoms with E-state index in [9.17, 15) is 9.90 Å². The molecular weight excluding hydrogens is 356 g/mol. The highest BCUT2D eigenvalue weighted by atomic mass is 32.1. The van der Waals surface area contributed by atoms with Crippen LogP contribution < -0.4 is 4.90 Å². The Labute approximate surface area is 166 Å². The van der Waals surface area contributed by atoms with Crippen molar-refractivity contribution in [2.75, 3.05) is 11.4 Å². The number of rotatable bonds is 5. The van der Waals surface area contributed by atoms with Gasteiger partial charge in [-0.15, -0.1) is 0 Å². The minimum absolute atomic E-state index is 0.0179. The first-order valence-corrected chi connectivity index (χ1v) is 9.75. The van der Waals surface area contributed by atoms with Crippen LogP contribution in [0.25, 0.3) is 0 Å². The summed E-state index contributed by atoms with van der Waals surface area (Å²) >= 11 is 5.69. The van der Waals surface area contributed by atoms with Crippen LogP contribution in [-0.4, -0.2) is 33.6 Å². The highest BCUT2D eigenvalue weighted by Gasteiger charge is 2.43. The van der Waals surface area contributed by atoms with Crippen LogP contribution in [0.5, 0.6) is 0 Å². The molecular formula is C22H26N2O2S. The third kappa shape index (κ3) is 3.89. The second-order valence-corrected chi connectivity index (χ2v) is 7.76. The third-order valence-corrected chi connectivity index (χ3v) is 5.63. The number of aliphatic hydroxyl groups is 1. The number of thiocarbonyl (C=S) groups is 1. The minimum atomic E-state index is -0.861. The molecule has 1 saturated heterocycles. The van der Waals surface area contributed by atoms with Crippen LogP contribution >= 0.6 is 12.2 Å². The Morgan fingerprint density at radius 2 is 1.59 bits per heavy atom. The van der Waals surface area contributed by atoms with Gasteiger partial charge < -0.3 is 10.0 Å². The Morgan fingerprint density at radius 1 is 1.04 bits per heavy atom. The van der Waals surface area contributed by atoms with Gasteiger partial charge in [0.05, 0.1) is 18.1 Å². The molecule has 2 aromatic carbocycles. The molecule has 3 atom stereocenters. The van der Waals surface area contributed by atoms with Gasteiger partial charge in [-0.1, -0.05) is 69.3 Å². The van der Waals surface area contributed by atoms with Crippen molar-refractivity contribution in [2.24, 2.45) is 11.8 Å². The molecule has 2 aromatic rings. The average Bonchev–Trinajstić information content (AvgIpc) is 3.05. The molecule has 142 valence electrons. The van der Waals surface area contributed by atoms with E-state index in [1.54, 1.807) is 11.8 Å². The van der Waals surface area contributed by atoms with E-state index in [0.29, 0.717) is 11.7 Å². The molecule has 0 spiro atoms. The molecule has 1 fully saturated rings. The van der Waals surface area contributed by atoms with Crippen molar-refractivity contribution in [1.82, 2.24) is 4.90 Å². The van der Waals surface area contributed by atoms with E-state index in [0.717, 1.165) is 11.3 Å². The fourth-order valence-corrected chi connectivity index (χ4v) is 3.91. The molecule has 0 bridgehead atoms. The molecule has 0 saturated carbocycles. The summed E-state index contributed by atoms with van der Waals surface area (Å²) in [6.45, 7) is 6.63. The van der Waals surface area contributed by atoms with E-state index in [1.807, 2.05) is 65.6 Å².